The van der Waals surface area contributed by atoms with E-state index in [0.717, 1.165) is 24.0 Å². The van der Waals surface area contributed by atoms with E-state index in [4.69, 9.17) is 9.29 Å². The Morgan fingerprint density at radius 1 is 1.40 bits per heavy atom. The first-order chi connectivity index (χ1) is 9.65. The highest BCUT2D eigenvalue weighted by molar-refractivity contribution is 7.82. The Morgan fingerprint density at radius 3 is 2.85 bits per heavy atom. The van der Waals surface area contributed by atoms with E-state index in [-0.39, 0.29) is 12.7 Å². The third-order valence-electron chi connectivity index (χ3n) is 3.05. The Bertz CT molecular complexity index is 515. The van der Waals surface area contributed by atoms with E-state index in [1.807, 2.05) is 30.3 Å². The maximum atomic E-state index is 11.9. The predicted molar refractivity (Wildman–Crippen MR) is 76.3 cm³/mol. The molecule has 0 saturated carbocycles. The van der Waals surface area contributed by atoms with Gasteiger partial charge in [-0.05, 0) is 24.0 Å². The minimum atomic E-state index is -1.97. The second-order valence-electron chi connectivity index (χ2n) is 4.62. The van der Waals surface area contributed by atoms with Crippen LogP contribution in [0.15, 0.2) is 41.3 Å². The number of ether oxygens (including phenoxy) is 1. The highest BCUT2D eigenvalue weighted by Gasteiger charge is 2.21. The maximum Gasteiger partial charge on any atom is 0.410 e. The molecule has 5 nitrogen and oxygen atoms in total. The monoisotopic (exact) mass is 295 g/mol. The largest absolute Gasteiger partial charge is 0.445 e. The third-order valence-corrected chi connectivity index (χ3v) is 3.59. The lowest BCUT2D eigenvalue weighted by atomic mass is 10.1. The molecular formula is C14H17NO4S. The lowest BCUT2D eigenvalue weighted by molar-refractivity contribution is 0.0954. The van der Waals surface area contributed by atoms with Gasteiger partial charge >= 0.3 is 6.09 Å². The van der Waals surface area contributed by atoms with Crippen molar-refractivity contribution >= 4 is 17.2 Å². The van der Waals surface area contributed by atoms with Gasteiger partial charge in [0.1, 0.15) is 6.61 Å². The molecule has 0 spiro atoms. The summed E-state index contributed by atoms with van der Waals surface area (Å²) in [6.07, 6.45) is 1.14. The molecule has 1 heterocycles. The fourth-order valence-electron chi connectivity index (χ4n) is 2.11. The molecule has 6 heteroatoms. The molecule has 0 aliphatic carbocycles. The summed E-state index contributed by atoms with van der Waals surface area (Å²) in [6.45, 7) is 1.21. The van der Waals surface area contributed by atoms with Crippen LogP contribution in [0.25, 0.3) is 0 Å². The molecule has 1 unspecified atom stereocenters. The van der Waals surface area contributed by atoms with E-state index in [1.54, 1.807) is 4.90 Å². The molecule has 108 valence electrons. The van der Waals surface area contributed by atoms with Crippen molar-refractivity contribution in [2.75, 3.05) is 13.1 Å². The molecule has 1 aliphatic heterocycles. The standard InChI is InChI=1S/C14H17NO4S/c16-14(19-10-12-5-2-1-3-6-12)15-8-4-7-13(9-15)11-20(17)18/h1-3,5-6,11H,4,7-10H2,(H,17,18). The Kier molecular flexibility index (Phi) is 5.31. The van der Waals surface area contributed by atoms with Gasteiger partial charge in [0.25, 0.3) is 0 Å². The number of amides is 1. The number of rotatable bonds is 3. The first-order valence-electron chi connectivity index (χ1n) is 6.40. The van der Waals surface area contributed by atoms with Crippen LogP contribution in [0.2, 0.25) is 0 Å². The van der Waals surface area contributed by atoms with Crippen LogP contribution in [0.4, 0.5) is 4.79 Å². The summed E-state index contributed by atoms with van der Waals surface area (Å²) in [7, 11) is 0. The van der Waals surface area contributed by atoms with Crippen LogP contribution in [-0.2, 0) is 22.4 Å². The average Bonchev–Trinajstić information content (AvgIpc) is 2.45. The van der Waals surface area contributed by atoms with Gasteiger partial charge in [0.15, 0.2) is 11.1 Å². The normalized spacial score (nSPS) is 18.9. The number of nitrogens with zero attached hydrogens (tertiary/aromatic N) is 1. The number of carbonyl (C=O) groups excluding carboxylic acids is 1. The lowest BCUT2D eigenvalue weighted by Crippen LogP contribution is -2.37. The fourth-order valence-corrected chi connectivity index (χ4v) is 2.58. The number of piperidine rings is 1. The molecule has 0 radical (unpaired) electrons. The van der Waals surface area contributed by atoms with Crippen LogP contribution in [-0.4, -0.2) is 32.8 Å². The minimum Gasteiger partial charge on any atom is -0.445 e. The number of hydrogen-bond acceptors (Lipinski definition) is 3. The Morgan fingerprint density at radius 2 is 2.15 bits per heavy atom. The molecule has 0 bridgehead atoms. The molecular weight excluding hydrogens is 278 g/mol. The first-order valence-corrected chi connectivity index (χ1v) is 7.57. The minimum absolute atomic E-state index is 0.237. The van der Waals surface area contributed by atoms with Gasteiger partial charge in [-0.2, -0.15) is 0 Å². The zero-order chi connectivity index (χ0) is 14.4. The van der Waals surface area contributed by atoms with Crippen molar-refractivity contribution in [1.82, 2.24) is 4.90 Å². The molecule has 20 heavy (non-hydrogen) atoms. The van der Waals surface area contributed by atoms with Crippen LogP contribution in [0.3, 0.4) is 0 Å². The highest BCUT2D eigenvalue weighted by Crippen LogP contribution is 2.17. The van der Waals surface area contributed by atoms with Gasteiger partial charge in [0, 0.05) is 18.5 Å². The van der Waals surface area contributed by atoms with Gasteiger partial charge < -0.3 is 14.2 Å². The highest BCUT2D eigenvalue weighted by atomic mass is 32.2. The van der Waals surface area contributed by atoms with E-state index >= 15 is 0 Å². The topological polar surface area (TPSA) is 66.8 Å². The second-order valence-corrected chi connectivity index (χ2v) is 5.41. The van der Waals surface area contributed by atoms with Crippen molar-refractivity contribution in [2.24, 2.45) is 0 Å². The molecule has 0 aromatic heterocycles. The second kappa shape index (κ2) is 7.21. The zero-order valence-electron chi connectivity index (χ0n) is 11.0. The number of likely N-dealkylation sites (tertiary alicyclic amines) is 1. The Labute approximate surface area is 120 Å². The SMILES string of the molecule is O=C(OCc1ccccc1)N1CCCC(=CS(=O)O)C1. The Hall–Kier alpha value is -1.66. The summed E-state index contributed by atoms with van der Waals surface area (Å²) in [5, 5.41) is 1.29. The lowest BCUT2D eigenvalue weighted by Gasteiger charge is -2.27. The molecule has 1 aromatic rings. The van der Waals surface area contributed by atoms with Crippen LogP contribution < -0.4 is 0 Å². The van der Waals surface area contributed by atoms with Crippen molar-refractivity contribution in [3.05, 3.63) is 46.9 Å². The van der Waals surface area contributed by atoms with Gasteiger partial charge in [0.2, 0.25) is 0 Å². The average molecular weight is 295 g/mol. The maximum absolute atomic E-state index is 11.9. The summed E-state index contributed by atoms with van der Waals surface area (Å²) >= 11 is -1.97. The summed E-state index contributed by atoms with van der Waals surface area (Å²) in [5.41, 5.74) is 1.74. The van der Waals surface area contributed by atoms with Crippen molar-refractivity contribution in [3.8, 4) is 0 Å². The summed E-state index contributed by atoms with van der Waals surface area (Å²) in [6, 6.07) is 9.47. The van der Waals surface area contributed by atoms with Crippen molar-refractivity contribution < 1.29 is 18.3 Å². The number of carbonyl (C=O) groups is 1. The van der Waals surface area contributed by atoms with Crippen molar-refractivity contribution in [2.45, 2.75) is 19.4 Å². The van der Waals surface area contributed by atoms with E-state index in [2.05, 4.69) is 0 Å². The molecule has 1 N–H and O–H groups in total. The van der Waals surface area contributed by atoms with E-state index in [9.17, 15) is 9.00 Å². The quantitative estimate of drug-likeness (QED) is 0.870. The molecule has 1 amide bonds. The number of benzene rings is 1. The summed E-state index contributed by atoms with van der Waals surface area (Å²) in [5.74, 6) is 0. The zero-order valence-corrected chi connectivity index (χ0v) is 11.8. The molecule has 1 atom stereocenters. The van der Waals surface area contributed by atoms with Crippen molar-refractivity contribution in [1.29, 1.82) is 0 Å². The van der Waals surface area contributed by atoms with Gasteiger partial charge in [0.05, 0.1) is 0 Å². The summed E-state index contributed by atoms with van der Waals surface area (Å²) < 4.78 is 24.8. The molecule has 1 aliphatic rings. The number of hydrogen-bond donors (Lipinski definition) is 1. The van der Waals surface area contributed by atoms with E-state index < -0.39 is 11.1 Å². The third kappa shape index (κ3) is 4.47. The molecule has 1 fully saturated rings. The van der Waals surface area contributed by atoms with Crippen LogP contribution in [0.5, 0.6) is 0 Å². The van der Waals surface area contributed by atoms with Crippen LogP contribution in [0, 0.1) is 0 Å². The van der Waals surface area contributed by atoms with Crippen LogP contribution in [0.1, 0.15) is 18.4 Å². The fraction of sp³-hybridized carbons (Fsp3) is 0.357. The Balaban J connectivity index is 1.87. The van der Waals surface area contributed by atoms with Gasteiger partial charge in [-0.15, -0.1) is 0 Å². The van der Waals surface area contributed by atoms with Gasteiger partial charge in [-0.25, -0.2) is 9.00 Å². The van der Waals surface area contributed by atoms with Gasteiger partial charge in [-0.3, -0.25) is 0 Å². The van der Waals surface area contributed by atoms with E-state index in [1.165, 1.54) is 5.41 Å². The van der Waals surface area contributed by atoms with E-state index in [0.29, 0.717) is 13.1 Å². The smallest absolute Gasteiger partial charge is 0.410 e. The van der Waals surface area contributed by atoms with Crippen molar-refractivity contribution in [3.63, 3.8) is 0 Å². The van der Waals surface area contributed by atoms with Gasteiger partial charge in [-0.1, -0.05) is 30.3 Å². The predicted octanol–water partition coefficient (Wildman–Crippen LogP) is 2.52. The summed E-state index contributed by atoms with van der Waals surface area (Å²) in [4.78, 5) is 13.5. The van der Waals surface area contributed by atoms with Crippen LogP contribution >= 0.6 is 0 Å². The molecule has 1 saturated heterocycles. The molecule has 2 rings (SSSR count). The molecule has 1 aromatic carbocycles. The first kappa shape index (κ1) is 14.7.